The number of para-hydroxylation sites is 1. The van der Waals surface area contributed by atoms with E-state index in [1.807, 2.05) is 38.1 Å². The van der Waals surface area contributed by atoms with Crippen LogP contribution in [-0.4, -0.2) is 24.8 Å². The van der Waals surface area contributed by atoms with E-state index in [9.17, 15) is 4.79 Å². The average Bonchev–Trinajstić information content (AvgIpc) is 2.40. The molecule has 2 rings (SSSR count). The lowest BCUT2D eigenvalue weighted by atomic mass is 10.1. The number of aliphatic imine (C=N–C) groups is 1. The summed E-state index contributed by atoms with van der Waals surface area (Å²) in [4.78, 5) is 16.2. The number of benzene rings is 1. The molecule has 4 nitrogen and oxygen atoms in total. The smallest absolute Gasteiger partial charge is 0.226 e. The zero-order valence-electron chi connectivity index (χ0n) is 10.9. The van der Waals surface area contributed by atoms with Crippen LogP contribution in [0.4, 0.5) is 5.69 Å². The predicted molar refractivity (Wildman–Crippen MR) is 73.9 cm³/mol. The van der Waals surface area contributed by atoms with Gasteiger partial charge in [0.2, 0.25) is 5.91 Å². The van der Waals surface area contributed by atoms with E-state index in [1.54, 1.807) is 0 Å². The number of nitrogens with zero attached hydrogens (tertiary/aromatic N) is 1. The van der Waals surface area contributed by atoms with E-state index >= 15 is 0 Å². The quantitative estimate of drug-likeness (QED) is 0.856. The number of carbonyl (C=O) groups excluding carboxylic acids is 1. The third kappa shape index (κ3) is 2.88. The Labute approximate surface area is 108 Å². The van der Waals surface area contributed by atoms with Crippen LogP contribution < -0.4 is 10.6 Å². The number of amidine groups is 1. The standard InChI is InChI=1S/C14H19N3O/c1-10(2)14(18)17-12-7-4-3-6-11(12)13-15-8-5-9-16-13/h3-4,6-7,10H,5,8-9H2,1-2H3,(H,15,16)(H,17,18). The monoisotopic (exact) mass is 245 g/mol. The van der Waals surface area contributed by atoms with Gasteiger partial charge in [0.15, 0.2) is 0 Å². The SMILES string of the molecule is CC(C)C(=O)Nc1ccccc1C1=NCCCN1. The number of nitrogens with one attached hydrogen (secondary N) is 2. The Balaban J connectivity index is 2.25. The van der Waals surface area contributed by atoms with Crippen molar-refractivity contribution in [1.29, 1.82) is 0 Å². The highest BCUT2D eigenvalue weighted by Gasteiger charge is 2.14. The number of carbonyl (C=O) groups is 1. The van der Waals surface area contributed by atoms with E-state index in [0.29, 0.717) is 0 Å². The zero-order chi connectivity index (χ0) is 13.0. The van der Waals surface area contributed by atoms with Gasteiger partial charge in [-0.3, -0.25) is 9.79 Å². The molecule has 0 fully saturated rings. The maximum Gasteiger partial charge on any atom is 0.226 e. The summed E-state index contributed by atoms with van der Waals surface area (Å²) < 4.78 is 0. The topological polar surface area (TPSA) is 53.5 Å². The van der Waals surface area contributed by atoms with Crippen LogP contribution in [-0.2, 0) is 4.79 Å². The Morgan fingerprint density at radius 3 is 2.83 bits per heavy atom. The van der Waals surface area contributed by atoms with Gasteiger partial charge in [0.05, 0.1) is 5.69 Å². The highest BCUT2D eigenvalue weighted by Crippen LogP contribution is 2.17. The molecule has 1 heterocycles. The molecule has 1 aliphatic heterocycles. The van der Waals surface area contributed by atoms with Crippen LogP contribution in [0.1, 0.15) is 25.8 Å². The molecule has 0 saturated carbocycles. The summed E-state index contributed by atoms with van der Waals surface area (Å²) in [6.45, 7) is 5.54. The number of rotatable bonds is 3. The fourth-order valence-electron chi connectivity index (χ4n) is 1.79. The summed E-state index contributed by atoms with van der Waals surface area (Å²) in [6.07, 6.45) is 1.06. The molecule has 0 spiro atoms. The molecule has 1 aliphatic rings. The minimum Gasteiger partial charge on any atom is -0.370 e. The second kappa shape index (κ2) is 5.67. The molecule has 0 radical (unpaired) electrons. The first kappa shape index (κ1) is 12.6. The van der Waals surface area contributed by atoms with Gasteiger partial charge in [-0.1, -0.05) is 26.0 Å². The van der Waals surface area contributed by atoms with Gasteiger partial charge in [0.25, 0.3) is 0 Å². The van der Waals surface area contributed by atoms with Crippen molar-refractivity contribution in [3.63, 3.8) is 0 Å². The fraction of sp³-hybridized carbons (Fsp3) is 0.429. The Morgan fingerprint density at radius 2 is 2.17 bits per heavy atom. The van der Waals surface area contributed by atoms with Crippen molar-refractivity contribution in [1.82, 2.24) is 5.32 Å². The molecule has 1 aromatic carbocycles. The molecule has 96 valence electrons. The second-order valence-electron chi connectivity index (χ2n) is 4.70. The van der Waals surface area contributed by atoms with Gasteiger partial charge >= 0.3 is 0 Å². The molecule has 2 N–H and O–H groups in total. The maximum atomic E-state index is 11.8. The van der Waals surface area contributed by atoms with Gasteiger partial charge < -0.3 is 10.6 Å². The van der Waals surface area contributed by atoms with E-state index in [0.717, 1.165) is 36.6 Å². The van der Waals surface area contributed by atoms with Crippen molar-refractivity contribution in [2.45, 2.75) is 20.3 Å². The fourth-order valence-corrected chi connectivity index (χ4v) is 1.79. The molecule has 0 aromatic heterocycles. The van der Waals surface area contributed by atoms with Gasteiger partial charge in [-0.15, -0.1) is 0 Å². The summed E-state index contributed by atoms with van der Waals surface area (Å²) in [7, 11) is 0. The van der Waals surface area contributed by atoms with E-state index in [1.165, 1.54) is 0 Å². The van der Waals surface area contributed by atoms with Crippen LogP contribution >= 0.6 is 0 Å². The van der Waals surface area contributed by atoms with Gasteiger partial charge in [-0.05, 0) is 18.6 Å². The van der Waals surface area contributed by atoms with Crippen molar-refractivity contribution < 1.29 is 4.79 Å². The minimum atomic E-state index is -0.0284. The first-order chi connectivity index (χ1) is 8.68. The number of anilines is 1. The number of hydrogen-bond donors (Lipinski definition) is 2. The molecule has 0 saturated heterocycles. The average molecular weight is 245 g/mol. The van der Waals surface area contributed by atoms with Crippen LogP contribution in [0.25, 0.3) is 0 Å². The molecule has 0 aliphatic carbocycles. The Morgan fingerprint density at radius 1 is 1.39 bits per heavy atom. The van der Waals surface area contributed by atoms with Crippen molar-refractivity contribution in [2.75, 3.05) is 18.4 Å². The van der Waals surface area contributed by atoms with E-state index in [-0.39, 0.29) is 11.8 Å². The van der Waals surface area contributed by atoms with Gasteiger partial charge in [-0.2, -0.15) is 0 Å². The zero-order valence-corrected chi connectivity index (χ0v) is 10.9. The highest BCUT2D eigenvalue weighted by atomic mass is 16.1. The van der Waals surface area contributed by atoms with Crippen LogP contribution in [0.3, 0.4) is 0 Å². The first-order valence-corrected chi connectivity index (χ1v) is 6.37. The normalized spacial score (nSPS) is 14.9. The molecular weight excluding hydrogens is 226 g/mol. The van der Waals surface area contributed by atoms with Gasteiger partial charge in [0.1, 0.15) is 5.84 Å². The largest absolute Gasteiger partial charge is 0.370 e. The second-order valence-corrected chi connectivity index (χ2v) is 4.70. The molecule has 1 aromatic rings. The van der Waals surface area contributed by atoms with E-state index in [2.05, 4.69) is 15.6 Å². The van der Waals surface area contributed by atoms with E-state index < -0.39 is 0 Å². The molecule has 1 amide bonds. The van der Waals surface area contributed by atoms with E-state index in [4.69, 9.17) is 0 Å². The molecular formula is C14H19N3O. The van der Waals surface area contributed by atoms with Crippen molar-refractivity contribution >= 4 is 17.4 Å². The Kier molecular flexibility index (Phi) is 3.97. The summed E-state index contributed by atoms with van der Waals surface area (Å²) in [5.74, 6) is 0.874. The first-order valence-electron chi connectivity index (χ1n) is 6.37. The third-order valence-electron chi connectivity index (χ3n) is 2.86. The summed E-state index contributed by atoms with van der Waals surface area (Å²) >= 11 is 0. The van der Waals surface area contributed by atoms with Crippen LogP contribution in [0.2, 0.25) is 0 Å². The van der Waals surface area contributed by atoms with Gasteiger partial charge in [0, 0.05) is 24.6 Å². The molecule has 4 heteroatoms. The summed E-state index contributed by atoms with van der Waals surface area (Å²) in [6, 6.07) is 7.77. The third-order valence-corrected chi connectivity index (χ3v) is 2.86. The van der Waals surface area contributed by atoms with Crippen LogP contribution in [0, 0.1) is 5.92 Å². The van der Waals surface area contributed by atoms with Gasteiger partial charge in [-0.25, -0.2) is 0 Å². The van der Waals surface area contributed by atoms with Crippen molar-refractivity contribution in [2.24, 2.45) is 10.9 Å². The lowest BCUT2D eigenvalue weighted by molar-refractivity contribution is -0.118. The molecule has 18 heavy (non-hydrogen) atoms. The van der Waals surface area contributed by atoms with Crippen LogP contribution in [0.15, 0.2) is 29.3 Å². The van der Waals surface area contributed by atoms with Crippen molar-refractivity contribution in [3.8, 4) is 0 Å². The minimum absolute atomic E-state index is 0.0267. The molecule has 0 unspecified atom stereocenters. The Bertz CT molecular complexity index is 466. The predicted octanol–water partition coefficient (Wildman–Crippen LogP) is 2.02. The van der Waals surface area contributed by atoms with Crippen LogP contribution in [0.5, 0.6) is 0 Å². The highest BCUT2D eigenvalue weighted by molar-refractivity contribution is 6.06. The van der Waals surface area contributed by atoms with Crippen molar-refractivity contribution in [3.05, 3.63) is 29.8 Å². The Hall–Kier alpha value is -1.84. The lowest BCUT2D eigenvalue weighted by Crippen LogP contribution is -2.31. The number of amides is 1. The molecule has 0 bridgehead atoms. The maximum absolute atomic E-state index is 11.8. The summed E-state index contributed by atoms with van der Waals surface area (Å²) in [5, 5.41) is 6.22. The lowest BCUT2D eigenvalue weighted by Gasteiger charge is -2.18. The molecule has 0 atom stereocenters. The summed E-state index contributed by atoms with van der Waals surface area (Å²) in [5.41, 5.74) is 1.79. The number of hydrogen-bond acceptors (Lipinski definition) is 3.